The second kappa shape index (κ2) is 6.67. The normalized spacial score (nSPS) is 11.8. The van der Waals surface area contributed by atoms with Gasteiger partial charge < -0.3 is 9.73 Å². The molecule has 1 amide bonds. The second-order valence-electron chi connectivity index (χ2n) is 3.61. The maximum atomic E-state index is 11.5. The lowest BCUT2D eigenvalue weighted by atomic mass is 10.1. The Morgan fingerprint density at radius 2 is 2.50 bits per heavy atom. The molecule has 0 saturated carbocycles. The summed E-state index contributed by atoms with van der Waals surface area (Å²) in [7, 11) is 0. The van der Waals surface area contributed by atoms with Crippen LogP contribution in [0.1, 0.15) is 31.9 Å². The third kappa shape index (κ3) is 4.18. The summed E-state index contributed by atoms with van der Waals surface area (Å²) in [5.74, 6) is 0.780. The van der Waals surface area contributed by atoms with Gasteiger partial charge in [-0.15, -0.1) is 0 Å². The van der Waals surface area contributed by atoms with E-state index < -0.39 is 0 Å². The molecule has 0 fully saturated rings. The van der Waals surface area contributed by atoms with Crippen molar-refractivity contribution in [3.05, 3.63) is 24.2 Å². The Hall–Kier alpha value is -1.76. The summed E-state index contributed by atoms with van der Waals surface area (Å²) in [6.45, 7) is 1.95. The van der Waals surface area contributed by atoms with E-state index in [0.29, 0.717) is 19.3 Å². The minimum Gasteiger partial charge on any atom is -0.469 e. The van der Waals surface area contributed by atoms with Crippen LogP contribution in [0, 0.1) is 11.3 Å². The molecule has 0 aromatic carbocycles. The Balaban J connectivity index is 2.27. The summed E-state index contributed by atoms with van der Waals surface area (Å²) in [5, 5.41) is 11.4. The van der Waals surface area contributed by atoms with Gasteiger partial charge in [-0.05, 0) is 18.6 Å². The van der Waals surface area contributed by atoms with E-state index in [1.807, 2.05) is 13.0 Å². The van der Waals surface area contributed by atoms with E-state index in [4.69, 9.17) is 9.68 Å². The number of hydrogen-bond acceptors (Lipinski definition) is 3. The largest absolute Gasteiger partial charge is 0.469 e. The summed E-state index contributed by atoms with van der Waals surface area (Å²) in [5.41, 5.74) is 0. The molecule has 0 saturated heterocycles. The highest BCUT2D eigenvalue weighted by molar-refractivity contribution is 5.76. The highest BCUT2D eigenvalue weighted by Crippen LogP contribution is 2.04. The van der Waals surface area contributed by atoms with Gasteiger partial charge in [0.15, 0.2) is 0 Å². The lowest BCUT2D eigenvalue weighted by Gasteiger charge is -2.12. The van der Waals surface area contributed by atoms with Crippen molar-refractivity contribution in [3.63, 3.8) is 0 Å². The van der Waals surface area contributed by atoms with Crippen LogP contribution in [-0.4, -0.2) is 11.9 Å². The molecule has 0 spiro atoms. The number of rotatable bonds is 6. The zero-order valence-corrected chi connectivity index (χ0v) is 9.40. The Kier molecular flexibility index (Phi) is 5.13. The summed E-state index contributed by atoms with van der Waals surface area (Å²) < 4.78 is 5.13. The average Bonchev–Trinajstić information content (AvgIpc) is 2.78. The maximum absolute atomic E-state index is 11.5. The molecule has 16 heavy (non-hydrogen) atoms. The summed E-state index contributed by atoms with van der Waals surface area (Å²) in [4.78, 5) is 11.5. The van der Waals surface area contributed by atoms with Gasteiger partial charge in [-0.25, -0.2) is 0 Å². The summed E-state index contributed by atoms with van der Waals surface area (Å²) >= 11 is 0. The molecule has 1 N–H and O–H groups in total. The van der Waals surface area contributed by atoms with E-state index in [1.54, 1.807) is 12.3 Å². The highest BCUT2D eigenvalue weighted by atomic mass is 16.3. The molecule has 4 nitrogen and oxygen atoms in total. The fourth-order valence-corrected chi connectivity index (χ4v) is 1.40. The Bertz CT molecular complexity index is 352. The number of carbonyl (C=O) groups is 1. The molecule has 0 bridgehead atoms. The van der Waals surface area contributed by atoms with Crippen LogP contribution >= 0.6 is 0 Å². The van der Waals surface area contributed by atoms with Crippen molar-refractivity contribution in [2.75, 3.05) is 0 Å². The number of nitrogens with zero attached hydrogens (tertiary/aromatic N) is 1. The molecule has 1 rings (SSSR count). The van der Waals surface area contributed by atoms with Crippen LogP contribution in [0.4, 0.5) is 0 Å². The fourth-order valence-electron chi connectivity index (χ4n) is 1.40. The first-order valence-corrected chi connectivity index (χ1v) is 5.45. The molecule has 0 aliphatic heterocycles. The molecule has 1 aromatic heterocycles. The lowest BCUT2D eigenvalue weighted by molar-refractivity contribution is -0.121. The van der Waals surface area contributed by atoms with Crippen LogP contribution in [0.5, 0.6) is 0 Å². The van der Waals surface area contributed by atoms with Crippen molar-refractivity contribution in [2.24, 2.45) is 0 Å². The van der Waals surface area contributed by atoms with E-state index in [1.165, 1.54) is 0 Å². The Morgan fingerprint density at radius 1 is 1.69 bits per heavy atom. The van der Waals surface area contributed by atoms with E-state index >= 15 is 0 Å². The summed E-state index contributed by atoms with van der Waals surface area (Å²) in [6.07, 6.45) is 3.73. The third-order valence-corrected chi connectivity index (χ3v) is 2.37. The van der Waals surface area contributed by atoms with Crippen LogP contribution in [0.25, 0.3) is 0 Å². The maximum Gasteiger partial charge on any atom is 0.220 e. The van der Waals surface area contributed by atoms with Gasteiger partial charge in [0.05, 0.1) is 18.8 Å². The number of carbonyl (C=O) groups excluding carboxylic acids is 1. The molecule has 4 heteroatoms. The van der Waals surface area contributed by atoms with Crippen molar-refractivity contribution in [2.45, 2.75) is 38.6 Å². The first kappa shape index (κ1) is 12.3. The van der Waals surface area contributed by atoms with E-state index in [-0.39, 0.29) is 11.9 Å². The van der Waals surface area contributed by atoms with Crippen LogP contribution < -0.4 is 5.32 Å². The van der Waals surface area contributed by atoms with E-state index in [9.17, 15) is 4.79 Å². The minimum absolute atomic E-state index is 0.0292. The standard InChI is InChI=1S/C12H16N2O2/c1-2-10(7-8-13)14-12(15)6-5-11-4-3-9-16-11/h3-4,9-10H,2,5-7H2,1H3,(H,14,15). The SMILES string of the molecule is CCC(CC#N)NC(=O)CCc1ccco1. The zero-order chi connectivity index (χ0) is 11.8. The number of nitriles is 1. The van der Waals surface area contributed by atoms with Gasteiger partial charge in [0.2, 0.25) is 5.91 Å². The molecule has 0 aliphatic carbocycles. The molecule has 0 radical (unpaired) electrons. The topological polar surface area (TPSA) is 66.0 Å². The van der Waals surface area contributed by atoms with E-state index in [0.717, 1.165) is 12.2 Å². The van der Waals surface area contributed by atoms with Crippen LogP contribution in [0.3, 0.4) is 0 Å². The van der Waals surface area contributed by atoms with Crippen molar-refractivity contribution in [1.29, 1.82) is 5.26 Å². The molecule has 1 aromatic rings. The fraction of sp³-hybridized carbons (Fsp3) is 0.500. The van der Waals surface area contributed by atoms with Crippen LogP contribution in [-0.2, 0) is 11.2 Å². The minimum atomic E-state index is -0.0332. The molecule has 1 unspecified atom stereocenters. The van der Waals surface area contributed by atoms with Crippen molar-refractivity contribution >= 4 is 5.91 Å². The third-order valence-electron chi connectivity index (χ3n) is 2.37. The van der Waals surface area contributed by atoms with Crippen molar-refractivity contribution < 1.29 is 9.21 Å². The predicted octanol–water partition coefficient (Wildman–Crippen LogP) is 2.02. The van der Waals surface area contributed by atoms with Gasteiger partial charge >= 0.3 is 0 Å². The lowest BCUT2D eigenvalue weighted by Crippen LogP contribution is -2.34. The first-order valence-electron chi connectivity index (χ1n) is 5.45. The monoisotopic (exact) mass is 220 g/mol. The highest BCUT2D eigenvalue weighted by Gasteiger charge is 2.10. The van der Waals surface area contributed by atoms with Gasteiger partial charge in [-0.2, -0.15) is 5.26 Å². The Labute approximate surface area is 95.2 Å². The number of amides is 1. The van der Waals surface area contributed by atoms with E-state index in [2.05, 4.69) is 11.4 Å². The van der Waals surface area contributed by atoms with Gasteiger partial charge in [-0.1, -0.05) is 6.92 Å². The molecular formula is C12H16N2O2. The number of hydrogen-bond donors (Lipinski definition) is 1. The molecule has 1 atom stereocenters. The van der Waals surface area contributed by atoms with Gasteiger partial charge in [0.25, 0.3) is 0 Å². The van der Waals surface area contributed by atoms with Crippen LogP contribution in [0.15, 0.2) is 22.8 Å². The zero-order valence-electron chi connectivity index (χ0n) is 9.40. The number of furan rings is 1. The number of nitrogens with one attached hydrogen (secondary N) is 1. The summed E-state index contributed by atoms with van der Waals surface area (Å²) in [6, 6.07) is 5.68. The quantitative estimate of drug-likeness (QED) is 0.797. The van der Waals surface area contributed by atoms with Gasteiger partial charge in [-0.3, -0.25) is 4.79 Å². The predicted molar refractivity (Wildman–Crippen MR) is 59.5 cm³/mol. The van der Waals surface area contributed by atoms with Crippen molar-refractivity contribution in [1.82, 2.24) is 5.32 Å². The molecular weight excluding hydrogens is 204 g/mol. The molecule has 0 aliphatic rings. The van der Waals surface area contributed by atoms with Crippen molar-refractivity contribution in [3.8, 4) is 6.07 Å². The molecule has 86 valence electrons. The Morgan fingerprint density at radius 3 is 3.06 bits per heavy atom. The first-order chi connectivity index (χ1) is 7.76. The van der Waals surface area contributed by atoms with Gasteiger partial charge in [0.1, 0.15) is 5.76 Å². The average molecular weight is 220 g/mol. The smallest absolute Gasteiger partial charge is 0.220 e. The second-order valence-corrected chi connectivity index (χ2v) is 3.61. The molecule has 1 heterocycles. The van der Waals surface area contributed by atoms with Crippen LogP contribution in [0.2, 0.25) is 0 Å². The van der Waals surface area contributed by atoms with Gasteiger partial charge in [0, 0.05) is 18.9 Å². The number of aryl methyl sites for hydroxylation is 1.